The molecule has 0 unspecified atom stereocenters. The molecule has 1 rings (SSSR count). The van der Waals surface area contributed by atoms with Crippen LogP contribution in [-0.4, -0.2) is 15.3 Å². The van der Waals surface area contributed by atoms with Gasteiger partial charge >= 0.3 is 0 Å². The predicted octanol–water partition coefficient (Wildman–Crippen LogP) is 0.780. The predicted molar refractivity (Wildman–Crippen MR) is 53.7 cm³/mol. The number of aliphatic hydroxyl groups is 3. The summed E-state index contributed by atoms with van der Waals surface area (Å²) in [4.78, 5) is 0. The molecule has 14 heavy (non-hydrogen) atoms. The van der Waals surface area contributed by atoms with Gasteiger partial charge in [-0.25, -0.2) is 0 Å². The van der Waals surface area contributed by atoms with Crippen LogP contribution in [0.4, 0.5) is 0 Å². The molecule has 0 spiro atoms. The molecule has 0 bridgehead atoms. The molecule has 0 saturated carbocycles. The molecule has 0 radical (unpaired) electrons. The Kier molecular flexibility index (Phi) is 3.63. The van der Waals surface area contributed by atoms with Crippen molar-refractivity contribution in [2.24, 2.45) is 0 Å². The molecule has 3 nitrogen and oxygen atoms in total. The first-order valence-corrected chi connectivity index (χ1v) is 4.59. The van der Waals surface area contributed by atoms with Crippen LogP contribution in [0.2, 0.25) is 0 Å². The highest BCUT2D eigenvalue weighted by Crippen LogP contribution is 2.23. The average Bonchev–Trinajstić information content (AvgIpc) is 2.20. The third-order valence-electron chi connectivity index (χ3n) is 2.67. The van der Waals surface area contributed by atoms with E-state index >= 15 is 0 Å². The Balaban J connectivity index is 3.42. The fourth-order valence-electron chi connectivity index (χ4n) is 1.67. The Labute approximate surface area is 83.6 Å². The fourth-order valence-corrected chi connectivity index (χ4v) is 1.67. The van der Waals surface area contributed by atoms with Crippen molar-refractivity contribution in [1.29, 1.82) is 0 Å². The smallest absolute Gasteiger partial charge is 0.0689 e. The Hall–Kier alpha value is -0.900. The maximum atomic E-state index is 9.18. The van der Waals surface area contributed by atoms with Gasteiger partial charge in [-0.05, 0) is 41.7 Å². The Morgan fingerprint density at radius 3 is 1.93 bits per heavy atom. The number of rotatable bonds is 3. The van der Waals surface area contributed by atoms with Crippen molar-refractivity contribution in [3.8, 4) is 0 Å². The van der Waals surface area contributed by atoms with Crippen molar-refractivity contribution in [3.63, 3.8) is 0 Å². The van der Waals surface area contributed by atoms with E-state index in [2.05, 4.69) is 0 Å². The lowest BCUT2D eigenvalue weighted by molar-refractivity contribution is 0.247. The highest BCUT2D eigenvalue weighted by molar-refractivity contribution is 5.44. The third-order valence-corrected chi connectivity index (χ3v) is 2.67. The second-order valence-corrected chi connectivity index (χ2v) is 3.41. The van der Waals surface area contributed by atoms with E-state index in [1.165, 1.54) is 0 Å². The van der Waals surface area contributed by atoms with E-state index in [9.17, 15) is 5.11 Å². The van der Waals surface area contributed by atoms with E-state index in [-0.39, 0.29) is 19.8 Å². The summed E-state index contributed by atoms with van der Waals surface area (Å²) in [6.45, 7) is 3.48. The summed E-state index contributed by atoms with van der Waals surface area (Å²) in [5, 5.41) is 27.4. The number of aliphatic hydroxyl groups excluding tert-OH is 3. The average molecular weight is 196 g/mol. The number of hydrogen-bond acceptors (Lipinski definition) is 3. The van der Waals surface area contributed by atoms with Crippen molar-refractivity contribution in [1.82, 2.24) is 0 Å². The SMILES string of the molecule is Cc1cc(CO)c(CO)c(CO)c1C. The lowest BCUT2D eigenvalue weighted by Crippen LogP contribution is -2.05. The minimum absolute atomic E-state index is 0.101. The van der Waals surface area contributed by atoms with Gasteiger partial charge in [0.25, 0.3) is 0 Å². The highest BCUT2D eigenvalue weighted by Gasteiger charge is 2.11. The molecular weight excluding hydrogens is 180 g/mol. The molecule has 0 aliphatic heterocycles. The van der Waals surface area contributed by atoms with Gasteiger partial charge in [-0.1, -0.05) is 6.07 Å². The number of aryl methyl sites for hydroxylation is 1. The maximum absolute atomic E-state index is 9.18. The van der Waals surface area contributed by atoms with Gasteiger partial charge in [0.15, 0.2) is 0 Å². The van der Waals surface area contributed by atoms with Crippen molar-refractivity contribution in [3.05, 3.63) is 33.9 Å². The lowest BCUT2D eigenvalue weighted by Gasteiger charge is -2.15. The van der Waals surface area contributed by atoms with E-state index in [4.69, 9.17) is 10.2 Å². The van der Waals surface area contributed by atoms with Gasteiger partial charge in [0.2, 0.25) is 0 Å². The van der Waals surface area contributed by atoms with Crippen LogP contribution in [0.25, 0.3) is 0 Å². The largest absolute Gasteiger partial charge is 0.392 e. The van der Waals surface area contributed by atoms with Crippen LogP contribution in [-0.2, 0) is 19.8 Å². The van der Waals surface area contributed by atoms with E-state index in [0.717, 1.165) is 16.7 Å². The molecule has 0 aliphatic rings. The summed E-state index contributed by atoms with van der Waals surface area (Å²) in [5.41, 5.74) is 4.08. The Morgan fingerprint density at radius 2 is 1.50 bits per heavy atom. The van der Waals surface area contributed by atoms with Gasteiger partial charge in [-0.2, -0.15) is 0 Å². The molecule has 78 valence electrons. The molecule has 1 aromatic rings. The zero-order valence-electron chi connectivity index (χ0n) is 8.54. The first-order valence-electron chi connectivity index (χ1n) is 4.59. The number of benzene rings is 1. The molecule has 0 aliphatic carbocycles. The van der Waals surface area contributed by atoms with Crippen LogP contribution in [0.1, 0.15) is 27.8 Å². The summed E-state index contributed by atoms with van der Waals surface area (Å²) in [6, 6.07) is 1.85. The van der Waals surface area contributed by atoms with E-state index in [1.807, 2.05) is 19.9 Å². The second kappa shape index (κ2) is 4.55. The van der Waals surface area contributed by atoms with Crippen LogP contribution < -0.4 is 0 Å². The summed E-state index contributed by atoms with van der Waals surface area (Å²) < 4.78 is 0. The van der Waals surface area contributed by atoms with Gasteiger partial charge in [-0.3, -0.25) is 0 Å². The summed E-state index contributed by atoms with van der Waals surface area (Å²) >= 11 is 0. The van der Waals surface area contributed by atoms with Crippen LogP contribution in [0.3, 0.4) is 0 Å². The third kappa shape index (κ3) is 1.80. The van der Waals surface area contributed by atoms with Gasteiger partial charge in [-0.15, -0.1) is 0 Å². The van der Waals surface area contributed by atoms with E-state index in [0.29, 0.717) is 11.1 Å². The Morgan fingerprint density at radius 1 is 0.929 bits per heavy atom. The summed E-state index contributed by atoms with van der Waals surface area (Å²) in [5.74, 6) is 0. The van der Waals surface area contributed by atoms with Gasteiger partial charge in [0.1, 0.15) is 0 Å². The molecule has 0 heterocycles. The van der Waals surface area contributed by atoms with Gasteiger partial charge in [0.05, 0.1) is 19.8 Å². The highest BCUT2D eigenvalue weighted by atomic mass is 16.3. The van der Waals surface area contributed by atoms with Crippen LogP contribution in [0.15, 0.2) is 6.07 Å². The molecule has 0 saturated heterocycles. The minimum Gasteiger partial charge on any atom is -0.392 e. The van der Waals surface area contributed by atoms with E-state index in [1.54, 1.807) is 0 Å². The van der Waals surface area contributed by atoms with Crippen molar-refractivity contribution >= 4 is 0 Å². The quantitative estimate of drug-likeness (QED) is 0.669. The first-order chi connectivity index (χ1) is 6.65. The Bertz CT molecular complexity index is 332. The minimum atomic E-state index is -0.146. The molecule has 0 fully saturated rings. The molecule has 0 atom stereocenters. The van der Waals surface area contributed by atoms with Crippen LogP contribution >= 0.6 is 0 Å². The molecular formula is C11H16O3. The normalized spacial score (nSPS) is 10.6. The van der Waals surface area contributed by atoms with Crippen molar-refractivity contribution < 1.29 is 15.3 Å². The second-order valence-electron chi connectivity index (χ2n) is 3.41. The lowest BCUT2D eigenvalue weighted by atomic mass is 9.94. The molecule has 0 amide bonds. The van der Waals surface area contributed by atoms with Crippen LogP contribution in [0, 0.1) is 13.8 Å². The van der Waals surface area contributed by atoms with E-state index < -0.39 is 0 Å². The molecule has 1 aromatic carbocycles. The van der Waals surface area contributed by atoms with Crippen molar-refractivity contribution in [2.75, 3.05) is 0 Å². The fraction of sp³-hybridized carbons (Fsp3) is 0.455. The number of hydrogen-bond donors (Lipinski definition) is 3. The molecule has 0 aromatic heterocycles. The maximum Gasteiger partial charge on any atom is 0.0689 e. The van der Waals surface area contributed by atoms with Crippen LogP contribution in [0.5, 0.6) is 0 Å². The van der Waals surface area contributed by atoms with Gasteiger partial charge in [0, 0.05) is 0 Å². The van der Waals surface area contributed by atoms with Gasteiger partial charge < -0.3 is 15.3 Å². The summed E-state index contributed by atoms with van der Waals surface area (Å²) in [6.07, 6.45) is 0. The zero-order chi connectivity index (χ0) is 10.7. The monoisotopic (exact) mass is 196 g/mol. The topological polar surface area (TPSA) is 60.7 Å². The van der Waals surface area contributed by atoms with Crippen molar-refractivity contribution in [2.45, 2.75) is 33.7 Å². The molecule has 3 N–H and O–H groups in total. The first kappa shape index (κ1) is 11.2. The summed E-state index contributed by atoms with van der Waals surface area (Å²) in [7, 11) is 0. The molecule has 3 heteroatoms. The zero-order valence-corrected chi connectivity index (χ0v) is 8.54. The standard InChI is InChI=1S/C11H16O3/c1-7-3-9(4-12)11(6-14)10(5-13)8(7)2/h3,12-14H,4-6H2,1-2H3.